The van der Waals surface area contributed by atoms with E-state index in [1.807, 2.05) is 18.2 Å². The first kappa shape index (κ1) is 12.7. The fraction of sp³-hybridized carbons (Fsp3) is 0.400. The van der Waals surface area contributed by atoms with Crippen molar-refractivity contribution in [1.82, 2.24) is 9.78 Å². The third kappa shape index (κ3) is 2.40. The second-order valence-electron chi connectivity index (χ2n) is 5.27. The van der Waals surface area contributed by atoms with Gasteiger partial charge in [-0.05, 0) is 49.4 Å². The van der Waals surface area contributed by atoms with E-state index in [1.165, 1.54) is 11.1 Å². The van der Waals surface area contributed by atoms with Crippen molar-refractivity contribution in [3.05, 3.63) is 41.1 Å². The number of hydrogen-bond acceptors (Lipinski definition) is 2. The lowest BCUT2D eigenvalue weighted by molar-refractivity contribution is 0.424. The van der Waals surface area contributed by atoms with E-state index in [2.05, 4.69) is 32.8 Å². The molecule has 3 heteroatoms. The maximum Gasteiger partial charge on any atom is 0.217 e. The van der Waals surface area contributed by atoms with Crippen LogP contribution in [0.15, 0.2) is 24.4 Å². The maximum atomic E-state index is 10.2. The van der Waals surface area contributed by atoms with Crippen molar-refractivity contribution in [2.24, 2.45) is 5.92 Å². The van der Waals surface area contributed by atoms with Crippen LogP contribution in [0.5, 0.6) is 5.88 Å². The van der Waals surface area contributed by atoms with Gasteiger partial charge in [-0.3, -0.25) is 0 Å². The number of aromatic nitrogens is 2. The van der Waals surface area contributed by atoms with Crippen LogP contribution in [0, 0.1) is 19.8 Å². The highest BCUT2D eigenvalue weighted by atomic mass is 16.3. The van der Waals surface area contributed by atoms with Gasteiger partial charge in [-0.25, -0.2) is 4.68 Å². The first-order valence-electron chi connectivity index (χ1n) is 6.32. The maximum absolute atomic E-state index is 10.2. The van der Waals surface area contributed by atoms with Crippen molar-refractivity contribution in [1.29, 1.82) is 0 Å². The number of aryl methyl sites for hydroxylation is 2. The smallest absolute Gasteiger partial charge is 0.217 e. The van der Waals surface area contributed by atoms with Crippen LogP contribution in [0.2, 0.25) is 0 Å². The molecule has 1 N–H and O–H groups in total. The van der Waals surface area contributed by atoms with Crippen molar-refractivity contribution in [2.45, 2.75) is 34.1 Å². The quantitative estimate of drug-likeness (QED) is 0.898. The predicted molar refractivity (Wildman–Crippen MR) is 73.2 cm³/mol. The second kappa shape index (κ2) is 4.84. The fourth-order valence-electron chi connectivity index (χ4n) is 2.01. The van der Waals surface area contributed by atoms with Crippen molar-refractivity contribution in [3.63, 3.8) is 0 Å². The number of benzene rings is 1. The van der Waals surface area contributed by atoms with E-state index in [9.17, 15) is 5.11 Å². The van der Waals surface area contributed by atoms with E-state index in [-0.39, 0.29) is 5.88 Å². The van der Waals surface area contributed by atoms with Crippen molar-refractivity contribution in [2.75, 3.05) is 0 Å². The minimum absolute atomic E-state index is 0.256. The Bertz CT molecular complexity index is 556. The van der Waals surface area contributed by atoms with Crippen LogP contribution in [0.1, 0.15) is 30.5 Å². The standard InChI is InChI=1S/C15H20N2O/c1-10(2)7-13-9-16-17(15(13)18)14-6-5-11(3)12(4)8-14/h5-6,8-10,18H,7H2,1-4H3. The van der Waals surface area contributed by atoms with Gasteiger partial charge in [0.25, 0.3) is 0 Å². The Labute approximate surface area is 108 Å². The summed E-state index contributed by atoms with van der Waals surface area (Å²) in [7, 11) is 0. The molecule has 96 valence electrons. The first-order chi connectivity index (χ1) is 8.49. The van der Waals surface area contributed by atoms with Crippen LogP contribution in [0.4, 0.5) is 0 Å². The topological polar surface area (TPSA) is 38.0 Å². The van der Waals surface area contributed by atoms with Gasteiger partial charge in [0.05, 0.1) is 11.9 Å². The summed E-state index contributed by atoms with van der Waals surface area (Å²) in [6.07, 6.45) is 2.60. The molecule has 2 rings (SSSR count). The molecule has 0 aliphatic carbocycles. The molecule has 3 nitrogen and oxygen atoms in total. The Kier molecular flexibility index (Phi) is 3.41. The molecule has 0 saturated heterocycles. The zero-order valence-electron chi connectivity index (χ0n) is 11.4. The van der Waals surface area contributed by atoms with E-state index < -0.39 is 0 Å². The summed E-state index contributed by atoms with van der Waals surface area (Å²) in [6, 6.07) is 6.07. The highest BCUT2D eigenvalue weighted by Crippen LogP contribution is 2.24. The van der Waals surface area contributed by atoms with E-state index in [1.54, 1.807) is 10.9 Å². The summed E-state index contributed by atoms with van der Waals surface area (Å²) in [5.41, 5.74) is 4.26. The lowest BCUT2D eigenvalue weighted by Gasteiger charge is -2.07. The van der Waals surface area contributed by atoms with Crippen molar-refractivity contribution >= 4 is 0 Å². The number of aromatic hydroxyl groups is 1. The Morgan fingerprint density at radius 2 is 1.94 bits per heavy atom. The molecule has 1 heterocycles. The van der Waals surface area contributed by atoms with Gasteiger partial charge in [0.2, 0.25) is 5.88 Å². The molecule has 0 radical (unpaired) electrons. The average Bonchev–Trinajstić information content (AvgIpc) is 2.64. The van der Waals surface area contributed by atoms with Crippen LogP contribution < -0.4 is 0 Å². The molecule has 1 aromatic heterocycles. The minimum Gasteiger partial charge on any atom is -0.493 e. The van der Waals surface area contributed by atoms with E-state index in [4.69, 9.17) is 0 Å². The fourth-order valence-corrected chi connectivity index (χ4v) is 2.01. The molecular formula is C15H20N2O. The highest BCUT2D eigenvalue weighted by Gasteiger charge is 2.12. The highest BCUT2D eigenvalue weighted by molar-refractivity contribution is 5.42. The number of hydrogen-bond donors (Lipinski definition) is 1. The molecular weight excluding hydrogens is 224 g/mol. The zero-order chi connectivity index (χ0) is 13.3. The zero-order valence-corrected chi connectivity index (χ0v) is 11.4. The Morgan fingerprint density at radius 3 is 2.56 bits per heavy atom. The molecule has 1 aromatic carbocycles. The van der Waals surface area contributed by atoms with Crippen LogP contribution in [-0.2, 0) is 6.42 Å². The molecule has 0 atom stereocenters. The van der Waals surface area contributed by atoms with Gasteiger partial charge < -0.3 is 5.11 Å². The summed E-state index contributed by atoms with van der Waals surface area (Å²) >= 11 is 0. The summed E-state index contributed by atoms with van der Waals surface area (Å²) in [6.45, 7) is 8.40. The lowest BCUT2D eigenvalue weighted by atomic mass is 10.1. The van der Waals surface area contributed by atoms with Gasteiger partial charge in [-0.15, -0.1) is 0 Å². The van der Waals surface area contributed by atoms with Crippen LogP contribution in [-0.4, -0.2) is 14.9 Å². The molecule has 0 bridgehead atoms. The van der Waals surface area contributed by atoms with E-state index in [0.29, 0.717) is 5.92 Å². The van der Waals surface area contributed by atoms with Gasteiger partial charge >= 0.3 is 0 Å². The molecule has 0 aliphatic heterocycles. The van der Waals surface area contributed by atoms with Gasteiger partial charge in [0.1, 0.15) is 0 Å². The predicted octanol–water partition coefficient (Wildman–Crippen LogP) is 3.39. The summed E-state index contributed by atoms with van der Waals surface area (Å²) in [5.74, 6) is 0.764. The molecule has 0 unspecified atom stereocenters. The minimum atomic E-state index is 0.256. The summed E-state index contributed by atoms with van der Waals surface area (Å²) in [4.78, 5) is 0. The summed E-state index contributed by atoms with van der Waals surface area (Å²) < 4.78 is 1.60. The van der Waals surface area contributed by atoms with Gasteiger partial charge in [-0.2, -0.15) is 5.10 Å². The SMILES string of the molecule is Cc1ccc(-n2ncc(CC(C)C)c2O)cc1C. The molecule has 0 fully saturated rings. The number of nitrogens with zero attached hydrogens (tertiary/aromatic N) is 2. The Hall–Kier alpha value is -1.77. The van der Waals surface area contributed by atoms with Crippen molar-refractivity contribution < 1.29 is 5.11 Å². The first-order valence-corrected chi connectivity index (χ1v) is 6.32. The summed E-state index contributed by atoms with van der Waals surface area (Å²) in [5, 5.41) is 14.5. The third-order valence-electron chi connectivity index (χ3n) is 3.18. The lowest BCUT2D eigenvalue weighted by Crippen LogP contribution is -1.98. The largest absolute Gasteiger partial charge is 0.493 e. The van der Waals surface area contributed by atoms with E-state index in [0.717, 1.165) is 17.7 Å². The Morgan fingerprint density at radius 1 is 1.22 bits per heavy atom. The Balaban J connectivity index is 2.39. The van der Waals surface area contributed by atoms with Gasteiger partial charge in [0, 0.05) is 5.56 Å². The molecule has 2 aromatic rings. The molecule has 18 heavy (non-hydrogen) atoms. The van der Waals surface area contributed by atoms with Gasteiger partial charge in [0.15, 0.2) is 0 Å². The van der Waals surface area contributed by atoms with Gasteiger partial charge in [-0.1, -0.05) is 19.9 Å². The van der Waals surface area contributed by atoms with Crippen LogP contribution in [0.3, 0.4) is 0 Å². The monoisotopic (exact) mass is 244 g/mol. The van der Waals surface area contributed by atoms with E-state index >= 15 is 0 Å². The van der Waals surface area contributed by atoms with Crippen molar-refractivity contribution in [3.8, 4) is 11.6 Å². The number of rotatable bonds is 3. The molecule has 0 aliphatic rings. The third-order valence-corrected chi connectivity index (χ3v) is 3.18. The molecule has 0 spiro atoms. The molecule has 0 saturated carbocycles. The van der Waals surface area contributed by atoms with Crippen LogP contribution >= 0.6 is 0 Å². The molecule has 0 amide bonds. The average molecular weight is 244 g/mol. The normalized spacial score (nSPS) is 11.2. The van der Waals surface area contributed by atoms with Crippen LogP contribution in [0.25, 0.3) is 5.69 Å². The second-order valence-corrected chi connectivity index (χ2v) is 5.27.